The lowest BCUT2D eigenvalue weighted by molar-refractivity contribution is -0.172. The molecule has 0 bridgehead atoms. The number of esters is 1. The zero-order valence-electron chi connectivity index (χ0n) is 26.4. The van der Waals surface area contributed by atoms with Crippen molar-refractivity contribution in [2.24, 2.45) is 5.92 Å². The Morgan fingerprint density at radius 2 is 1.43 bits per heavy atom. The number of rotatable bonds is 11. The van der Waals surface area contributed by atoms with Crippen LogP contribution in [0.2, 0.25) is 0 Å². The summed E-state index contributed by atoms with van der Waals surface area (Å²) in [5, 5.41) is 11.6. The van der Waals surface area contributed by atoms with Crippen molar-refractivity contribution >= 4 is 11.8 Å². The van der Waals surface area contributed by atoms with Crippen molar-refractivity contribution in [1.82, 2.24) is 9.55 Å². The lowest BCUT2D eigenvalue weighted by Gasteiger charge is -2.45. The molecule has 11 nitrogen and oxygen atoms in total. The summed E-state index contributed by atoms with van der Waals surface area (Å²) >= 11 is 0. The quantitative estimate of drug-likeness (QED) is 0.186. The Morgan fingerprint density at radius 1 is 0.891 bits per heavy atom. The summed E-state index contributed by atoms with van der Waals surface area (Å²) in [6.07, 6.45) is -4.45. The fourth-order valence-corrected chi connectivity index (χ4v) is 6.11. The van der Waals surface area contributed by atoms with Gasteiger partial charge in [0.25, 0.3) is 0 Å². The predicted octanol–water partition coefficient (Wildman–Crippen LogP) is 3.72. The van der Waals surface area contributed by atoms with Crippen LogP contribution in [0.25, 0.3) is 0 Å². The van der Waals surface area contributed by atoms with E-state index in [4.69, 9.17) is 29.4 Å². The SMILES string of the molecule is COc1ccc(C(c2ccccc2)(c2ccc(OC)cc2)C(OC(=O)C(C)C)[C@H]2O[C@@H](n3ccc(N)nc3=O)[C@H](O)[C@@H]2OC)cc1. The number of hydrogen-bond acceptors (Lipinski definition) is 10. The molecule has 1 saturated heterocycles. The number of aromatic nitrogens is 2. The highest BCUT2D eigenvalue weighted by Crippen LogP contribution is 2.49. The number of nitrogens with zero attached hydrogens (tertiary/aromatic N) is 2. The highest BCUT2D eigenvalue weighted by Gasteiger charge is 2.58. The van der Waals surface area contributed by atoms with Gasteiger partial charge >= 0.3 is 11.7 Å². The molecule has 1 aliphatic rings. The standard InChI is InChI=1S/C35H39N3O8/c1-21(2)33(40)46-31(30-29(44-5)28(39)32(45-30)38-20-19-27(36)37-34(38)41)35(22-9-7-6-8-10-22,23-11-15-25(42-3)16-12-23)24-13-17-26(43-4)18-14-24/h6-21,28-32,39H,1-5H3,(H2,36,37,41)/t28-,29+,30+,31?,32-/m1/s1. The van der Waals surface area contributed by atoms with Crippen LogP contribution < -0.4 is 20.9 Å². The van der Waals surface area contributed by atoms with Crippen molar-refractivity contribution in [3.05, 3.63) is 118 Å². The maximum Gasteiger partial charge on any atom is 0.351 e. The molecule has 11 heteroatoms. The Balaban J connectivity index is 1.82. The second-order valence-corrected chi connectivity index (χ2v) is 11.4. The van der Waals surface area contributed by atoms with Gasteiger partial charge < -0.3 is 34.5 Å². The number of nitrogen functional groups attached to an aromatic ring is 1. The molecule has 0 spiro atoms. The van der Waals surface area contributed by atoms with Crippen LogP contribution in [0.5, 0.6) is 11.5 Å². The van der Waals surface area contributed by atoms with Gasteiger partial charge in [0.2, 0.25) is 0 Å². The summed E-state index contributed by atoms with van der Waals surface area (Å²) < 4.78 is 31.1. The monoisotopic (exact) mass is 629 g/mol. The zero-order chi connectivity index (χ0) is 33.0. The smallest absolute Gasteiger partial charge is 0.351 e. The van der Waals surface area contributed by atoms with Crippen molar-refractivity contribution < 1.29 is 33.6 Å². The van der Waals surface area contributed by atoms with Gasteiger partial charge in [-0.2, -0.15) is 4.98 Å². The average Bonchev–Trinajstić information content (AvgIpc) is 3.40. The van der Waals surface area contributed by atoms with Gasteiger partial charge in [-0.15, -0.1) is 0 Å². The molecular formula is C35H39N3O8. The number of nitrogens with two attached hydrogens (primary N) is 1. The number of aliphatic hydroxyl groups excluding tert-OH is 1. The van der Waals surface area contributed by atoms with Crippen molar-refractivity contribution in [2.75, 3.05) is 27.1 Å². The Labute approximate surface area is 267 Å². The molecule has 1 aliphatic heterocycles. The molecule has 5 atom stereocenters. The van der Waals surface area contributed by atoms with Crippen LogP contribution in [-0.2, 0) is 24.4 Å². The van der Waals surface area contributed by atoms with E-state index < -0.39 is 53.6 Å². The molecule has 1 fully saturated rings. The minimum Gasteiger partial charge on any atom is -0.497 e. The Morgan fingerprint density at radius 3 is 1.91 bits per heavy atom. The molecule has 4 aromatic rings. The van der Waals surface area contributed by atoms with Crippen LogP contribution >= 0.6 is 0 Å². The number of aliphatic hydroxyl groups is 1. The van der Waals surface area contributed by atoms with Crippen LogP contribution in [0.3, 0.4) is 0 Å². The lowest BCUT2D eigenvalue weighted by Crippen LogP contribution is -2.55. The highest BCUT2D eigenvalue weighted by molar-refractivity contribution is 5.72. The van der Waals surface area contributed by atoms with Crippen LogP contribution in [-0.4, -0.2) is 66.4 Å². The third-order valence-electron chi connectivity index (χ3n) is 8.41. The number of anilines is 1. The number of methoxy groups -OCH3 is 3. The van der Waals surface area contributed by atoms with Crippen molar-refractivity contribution in [2.45, 2.75) is 49.9 Å². The molecule has 5 rings (SSSR count). The van der Waals surface area contributed by atoms with Crippen LogP contribution in [0.4, 0.5) is 5.82 Å². The summed E-state index contributed by atoms with van der Waals surface area (Å²) in [5.74, 6) is 0.298. The van der Waals surface area contributed by atoms with Gasteiger partial charge in [-0.3, -0.25) is 9.36 Å². The summed E-state index contributed by atoms with van der Waals surface area (Å²) in [4.78, 5) is 30.4. The molecule has 2 heterocycles. The third kappa shape index (κ3) is 5.96. The number of carbonyl (C=O) groups is 1. The van der Waals surface area contributed by atoms with E-state index in [1.165, 1.54) is 19.4 Å². The topological polar surface area (TPSA) is 144 Å². The molecule has 0 aliphatic carbocycles. The number of hydrogen-bond donors (Lipinski definition) is 2. The first kappa shape index (κ1) is 32.7. The van der Waals surface area contributed by atoms with E-state index in [-0.39, 0.29) is 5.82 Å². The molecule has 0 radical (unpaired) electrons. The third-order valence-corrected chi connectivity index (χ3v) is 8.41. The predicted molar refractivity (Wildman–Crippen MR) is 171 cm³/mol. The van der Waals surface area contributed by atoms with Crippen LogP contribution in [0.15, 0.2) is 95.9 Å². The van der Waals surface area contributed by atoms with Gasteiger partial charge in [0, 0.05) is 13.3 Å². The Bertz CT molecular complexity index is 1630. The van der Waals surface area contributed by atoms with E-state index in [1.54, 1.807) is 28.1 Å². The van der Waals surface area contributed by atoms with Gasteiger partial charge in [-0.25, -0.2) is 4.79 Å². The molecule has 0 amide bonds. The Kier molecular flexibility index (Phi) is 9.76. The normalized spacial score (nSPS) is 20.3. The fraction of sp³-hybridized carbons (Fsp3) is 0.343. The van der Waals surface area contributed by atoms with Gasteiger partial charge in [-0.1, -0.05) is 68.4 Å². The molecule has 242 valence electrons. The average molecular weight is 630 g/mol. The second-order valence-electron chi connectivity index (χ2n) is 11.4. The highest BCUT2D eigenvalue weighted by atomic mass is 16.6. The summed E-state index contributed by atoms with van der Waals surface area (Å²) in [6, 6.07) is 26.0. The molecule has 0 saturated carbocycles. The maximum absolute atomic E-state index is 13.7. The largest absolute Gasteiger partial charge is 0.497 e. The van der Waals surface area contributed by atoms with Crippen LogP contribution in [0.1, 0.15) is 36.8 Å². The van der Waals surface area contributed by atoms with E-state index in [0.29, 0.717) is 11.5 Å². The number of ether oxygens (including phenoxy) is 5. The molecule has 3 N–H and O–H groups in total. The molecule has 1 unspecified atom stereocenters. The molecule has 46 heavy (non-hydrogen) atoms. The molecular weight excluding hydrogens is 590 g/mol. The minimum absolute atomic E-state index is 0.0272. The first-order chi connectivity index (χ1) is 22.1. The van der Waals surface area contributed by atoms with Gasteiger partial charge in [0.05, 0.1) is 25.6 Å². The zero-order valence-corrected chi connectivity index (χ0v) is 26.4. The van der Waals surface area contributed by atoms with E-state index in [1.807, 2.05) is 78.9 Å². The van der Waals surface area contributed by atoms with E-state index in [0.717, 1.165) is 21.3 Å². The maximum atomic E-state index is 13.7. The summed E-state index contributed by atoms with van der Waals surface area (Å²) in [5.41, 5.74) is 6.04. The van der Waals surface area contributed by atoms with Gasteiger partial charge in [0.1, 0.15) is 41.7 Å². The van der Waals surface area contributed by atoms with Crippen molar-refractivity contribution in [3.63, 3.8) is 0 Å². The van der Waals surface area contributed by atoms with E-state index >= 15 is 0 Å². The fourth-order valence-electron chi connectivity index (χ4n) is 6.11. The second kappa shape index (κ2) is 13.7. The lowest BCUT2D eigenvalue weighted by atomic mass is 9.63. The first-order valence-corrected chi connectivity index (χ1v) is 14.9. The van der Waals surface area contributed by atoms with Crippen LogP contribution in [0, 0.1) is 5.92 Å². The van der Waals surface area contributed by atoms with E-state index in [9.17, 15) is 14.7 Å². The van der Waals surface area contributed by atoms with Gasteiger partial charge in [0.15, 0.2) is 6.23 Å². The Hall–Kier alpha value is -4.71. The van der Waals surface area contributed by atoms with Gasteiger partial charge in [-0.05, 0) is 47.0 Å². The van der Waals surface area contributed by atoms with E-state index in [2.05, 4.69) is 4.98 Å². The van der Waals surface area contributed by atoms with Crippen molar-refractivity contribution in [3.8, 4) is 11.5 Å². The first-order valence-electron chi connectivity index (χ1n) is 14.9. The summed E-state index contributed by atoms with van der Waals surface area (Å²) in [6.45, 7) is 3.48. The van der Waals surface area contributed by atoms with Crippen molar-refractivity contribution in [1.29, 1.82) is 0 Å². The summed E-state index contributed by atoms with van der Waals surface area (Å²) in [7, 11) is 4.60. The minimum atomic E-state index is -1.35. The molecule has 3 aromatic carbocycles. The number of carbonyl (C=O) groups excluding carboxylic acids is 1. The molecule has 1 aromatic heterocycles. The number of benzene rings is 3.